The molecule has 5 nitrogen and oxygen atoms in total. The number of nitrogens with zero attached hydrogens (tertiary/aromatic N) is 2. The van der Waals surface area contributed by atoms with Crippen LogP contribution < -0.4 is 4.74 Å². The van der Waals surface area contributed by atoms with Crippen LogP contribution in [0.3, 0.4) is 0 Å². The third kappa shape index (κ3) is 2.34. The Labute approximate surface area is 105 Å². The molecule has 1 aromatic heterocycles. The molecule has 5 heteroatoms. The predicted molar refractivity (Wildman–Crippen MR) is 66.1 cm³/mol. The molecule has 0 N–H and O–H groups in total. The molecule has 0 atom stereocenters. The highest BCUT2D eigenvalue weighted by atomic mass is 16.5. The van der Waals surface area contributed by atoms with Gasteiger partial charge >= 0.3 is 5.97 Å². The SMILES string of the molecule is CCOc1cc(C(=O)OC)ccc1-n1cccn1. The summed E-state index contributed by atoms with van der Waals surface area (Å²) in [6.07, 6.45) is 3.50. The van der Waals surface area contributed by atoms with E-state index in [0.717, 1.165) is 5.69 Å². The summed E-state index contributed by atoms with van der Waals surface area (Å²) in [6.45, 7) is 2.40. The Kier molecular flexibility index (Phi) is 3.62. The second kappa shape index (κ2) is 5.35. The van der Waals surface area contributed by atoms with Gasteiger partial charge in [0.25, 0.3) is 0 Å². The number of esters is 1. The predicted octanol–water partition coefficient (Wildman–Crippen LogP) is 2.06. The van der Waals surface area contributed by atoms with Gasteiger partial charge < -0.3 is 9.47 Å². The van der Waals surface area contributed by atoms with Crippen molar-refractivity contribution in [1.29, 1.82) is 0 Å². The van der Waals surface area contributed by atoms with E-state index in [9.17, 15) is 4.79 Å². The summed E-state index contributed by atoms with van der Waals surface area (Å²) in [5.41, 5.74) is 1.24. The van der Waals surface area contributed by atoms with Crippen molar-refractivity contribution in [2.75, 3.05) is 13.7 Å². The first-order chi connectivity index (χ1) is 8.76. The maximum atomic E-state index is 11.5. The number of aromatic nitrogens is 2. The Hall–Kier alpha value is -2.30. The van der Waals surface area contributed by atoms with Gasteiger partial charge in [0.05, 0.1) is 19.3 Å². The minimum atomic E-state index is -0.386. The second-order valence-electron chi connectivity index (χ2n) is 3.56. The molecule has 0 fully saturated rings. The molecule has 0 radical (unpaired) electrons. The molecule has 0 aliphatic rings. The summed E-state index contributed by atoms with van der Waals surface area (Å²) < 4.78 is 11.9. The average Bonchev–Trinajstić information content (AvgIpc) is 2.92. The zero-order valence-electron chi connectivity index (χ0n) is 10.3. The first-order valence-corrected chi connectivity index (χ1v) is 5.61. The minimum Gasteiger partial charge on any atom is -0.492 e. The molecule has 18 heavy (non-hydrogen) atoms. The van der Waals surface area contributed by atoms with Crippen molar-refractivity contribution in [3.05, 3.63) is 42.2 Å². The van der Waals surface area contributed by atoms with Crippen LogP contribution in [0.15, 0.2) is 36.7 Å². The van der Waals surface area contributed by atoms with E-state index in [-0.39, 0.29) is 5.97 Å². The summed E-state index contributed by atoms with van der Waals surface area (Å²) in [5, 5.41) is 4.14. The van der Waals surface area contributed by atoms with Gasteiger partial charge in [-0.3, -0.25) is 0 Å². The lowest BCUT2D eigenvalue weighted by atomic mass is 10.2. The molecule has 1 aromatic carbocycles. The topological polar surface area (TPSA) is 53.4 Å². The molecular weight excluding hydrogens is 232 g/mol. The zero-order valence-corrected chi connectivity index (χ0v) is 10.3. The summed E-state index contributed by atoms with van der Waals surface area (Å²) in [5.74, 6) is 0.215. The van der Waals surface area contributed by atoms with E-state index in [2.05, 4.69) is 9.84 Å². The van der Waals surface area contributed by atoms with E-state index in [1.165, 1.54) is 7.11 Å². The number of ether oxygens (including phenoxy) is 2. The van der Waals surface area contributed by atoms with Crippen LogP contribution in [0.1, 0.15) is 17.3 Å². The number of methoxy groups -OCH3 is 1. The van der Waals surface area contributed by atoms with Crippen molar-refractivity contribution in [1.82, 2.24) is 9.78 Å². The Balaban J connectivity index is 2.44. The second-order valence-corrected chi connectivity index (χ2v) is 3.56. The molecule has 0 spiro atoms. The number of rotatable bonds is 4. The van der Waals surface area contributed by atoms with E-state index in [4.69, 9.17) is 4.74 Å². The smallest absolute Gasteiger partial charge is 0.337 e. The van der Waals surface area contributed by atoms with Crippen molar-refractivity contribution in [3.8, 4) is 11.4 Å². The lowest BCUT2D eigenvalue weighted by Gasteiger charge is -2.11. The van der Waals surface area contributed by atoms with Crippen LogP contribution in [0.2, 0.25) is 0 Å². The molecule has 0 aliphatic heterocycles. The fourth-order valence-electron chi connectivity index (χ4n) is 1.63. The van der Waals surface area contributed by atoms with Crippen LogP contribution >= 0.6 is 0 Å². The third-order valence-corrected chi connectivity index (χ3v) is 2.43. The van der Waals surface area contributed by atoms with Crippen LogP contribution in [0.25, 0.3) is 5.69 Å². The number of hydrogen-bond donors (Lipinski definition) is 0. The van der Waals surface area contributed by atoms with Gasteiger partial charge in [0.15, 0.2) is 0 Å². The molecule has 0 aliphatic carbocycles. The molecule has 0 unspecified atom stereocenters. The van der Waals surface area contributed by atoms with Gasteiger partial charge in [-0.25, -0.2) is 9.48 Å². The molecule has 1 heterocycles. The lowest BCUT2D eigenvalue weighted by molar-refractivity contribution is 0.0600. The maximum absolute atomic E-state index is 11.5. The number of carbonyl (C=O) groups is 1. The summed E-state index contributed by atoms with van der Waals surface area (Å²) in [4.78, 5) is 11.5. The lowest BCUT2D eigenvalue weighted by Crippen LogP contribution is -2.05. The van der Waals surface area contributed by atoms with Crippen LogP contribution in [-0.2, 0) is 4.74 Å². The van der Waals surface area contributed by atoms with Gasteiger partial charge in [-0.1, -0.05) is 0 Å². The molecule has 94 valence electrons. The van der Waals surface area contributed by atoms with Crippen molar-refractivity contribution in [3.63, 3.8) is 0 Å². The van der Waals surface area contributed by atoms with Gasteiger partial charge in [0, 0.05) is 12.4 Å². The Morgan fingerprint density at radius 2 is 2.28 bits per heavy atom. The van der Waals surface area contributed by atoms with Crippen molar-refractivity contribution >= 4 is 5.97 Å². The molecule has 2 aromatic rings. The Morgan fingerprint density at radius 1 is 1.44 bits per heavy atom. The molecular formula is C13H14N2O3. The van der Waals surface area contributed by atoms with Crippen LogP contribution in [0, 0.1) is 0 Å². The largest absolute Gasteiger partial charge is 0.492 e. The fourth-order valence-corrected chi connectivity index (χ4v) is 1.63. The molecule has 0 saturated carbocycles. The van der Waals surface area contributed by atoms with Crippen molar-refractivity contribution in [2.45, 2.75) is 6.92 Å². The van der Waals surface area contributed by atoms with Gasteiger partial charge in [-0.05, 0) is 31.2 Å². The fraction of sp³-hybridized carbons (Fsp3) is 0.231. The first-order valence-electron chi connectivity index (χ1n) is 5.61. The van der Waals surface area contributed by atoms with Gasteiger partial charge in [0.2, 0.25) is 0 Å². The van der Waals surface area contributed by atoms with Crippen LogP contribution in [-0.4, -0.2) is 29.5 Å². The van der Waals surface area contributed by atoms with Crippen molar-refractivity contribution in [2.24, 2.45) is 0 Å². The quantitative estimate of drug-likeness (QED) is 0.775. The van der Waals surface area contributed by atoms with E-state index < -0.39 is 0 Å². The van der Waals surface area contributed by atoms with Crippen LogP contribution in [0.5, 0.6) is 5.75 Å². The molecule has 0 amide bonds. The van der Waals surface area contributed by atoms with E-state index in [1.54, 1.807) is 29.1 Å². The highest BCUT2D eigenvalue weighted by Crippen LogP contribution is 2.24. The summed E-state index contributed by atoms with van der Waals surface area (Å²) in [7, 11) is 1.35. The highest BCUT2D eigenvalue weighted by molar-refractivity contribution is 5.90. The van der Waals surface area contributed by atoms with Gasteiger partial charge in [0.1, 0.15) is 11.4 Å². The van der Waals surface area contributed by atoms with Gasteiger partial charge in [-0.2, -0.15) is 5.10 Å². The minimum absolute atomic E-state index is 0.386. The number of carbonyl (C=O) groups excluding carboxylic acids is 1. The third-order valence-electron chi connectivity index (χ3n) is 2.43. The monoisotopic (exact) mass is 246 g/mol. The number of benzene rings is 1. The van der Waals surface area contributed by atoms with E-state index in [0.29, 0.717) is 17.9 Å². The maximum Gasteiger partial charge on any atom is 0.337 e. The Morgan fingerprint density at radius 3 is 2.89 bits per heavy atom. The molecule has 0 saturated heterocycles. The Bertz CT molecular complexity index is 535. The highest BCUT2D eigenvalue weighted by Gasteiger charge is 2.12. The molecule has 2 rings (SSSR count). The summed E-state index contributed by atoms with van der Waals surface area (Å²) >= 11 is 0. The summed E-state index contributed by atoms with van der Waals surface area (Å²) in [6, 6.07) is 6.95. The van der Waals surface area contributed by atoms with Crippen molar-refractivity contribution < 1.29 is 14.3 Å². The number of hydrogen-bond acceptors (Lipinski definition) is 4. The average molecular weight is 246 g/mol. The molecule has 0 bridgehead atoms. The van der Waals surface area contributed by atoms with Gasteiger partial charge in [-0.15, -0.1) is 0 Å². The van der Waals surface area contributed by atoms with E-state index in [1.807, 2.05) is 19.2 Å². The normalized spacial score (nSPS) is 10.1. The zero-order chi connectivity index (χ0) is 13.0. The first kappa shape index (κ1) is 12.2. The van der Waals surface area contributed by atoms with Crippen LogP contribution in [0.4, 0.5) is 0 Å². The standard InChI is InChI=1S/C13H14N2O3/c1-3-18-12-9-10(13(16)17-2)5-6-11(12)15-8-4-7-14-15/h4-9H,3H2,1-2H3. The van der Waals surface area contributed by atoms with E-state index >= 15 is 0 Å².